The Kier molecular flexibility index (Phi) is 2.82. The highest BCUT2D eigenvalue weighted by Crippen LogP contribution is 2.16. The number of nitrogens with zero attached hydrogens (tertiary/aromatic N) is 4. The summed E-state index contributed by atoms with van der Waals surface area (Å²) in [7, 11) is 0. The van der Waals surface area contributed by atoms with Crippen molar-refractivity contribution in [1.82, 2.24) is 24.9 Å². The van der Waals surface area contributed by atoms with Crippen LogP contribution in [0.3, 0.4) is 0 Å². The van der Waals surface area contributed by atoms with Crippen LogP contribution in [0.25, 0.3) is 22.8 Å². The lowest BCUT2D eigenvalue weighted by atomic mass is 10.2. The summed E-state index contributed by atoms with van der Waals surface area (Å²) >= 11 is 0. The molecule has 3 aromatic rings. The Morgan fingerprint density at radius 3 is 2.58 bits per heavy atom. The zero-order valence-electron chi connectivity index (χ0n) is 9.82. The first-order valence-corrected chi connectivity index (χ1v) is 5.61. The Morgan fingerprint density at radius 1 is 1.00 bits per heavy atom. The maximum atomic E-state index is 11.7. The third-order valence-electron chi connectivity index (χ3n) is 2.54. The number of aromatic amines is 1. The van der Waals surface area contributed by atoms with E-state index in [1.165, 1.54) is 6.07 Å². The van der Waals surface area contributed by atoms with E-state index < -0.39 is 0 Å². The molecule has 0 aromatic carbocycles. The van der Waals surface area contributed by atoms with Crippen LogP contribution in [0.2, 0.25) is 0 Å². The first kappa shape index (κ1) is 11.2. The van der Waals surface area contributed by atoms with Crippen molar-refractivity contribution in [2.45, 2.75) is 0 Å². The molecule has 0 unspecified atom stereocenters. The Labute approximate surface area is 108 Å². The van der Waals surface area contributed by atoms with Crippen LogP contribution >= 0.6 is 0 Å². The molecule has 0 bridgehead atoms. The zero-order valence-corrected chi connectivity index (χ0v) is 9.82. The van der Waals surface area contributed by atoms with Gasteiger partial charge in [0, 0.05) is 36.4 Å². The van der Waals surface area contributed by atoms with E-state index in [1.54, 1.807) is 31.0 Å². The quantitative estimate of drug-likeness (QED) is 0.741. The van der Waals surface area contributed by atoms with E-state index in [-0.39, 0.29) is 5.56 Å². The maximum absolute atomic E-state index is 11.7. The molecule has 3 heterocycles. The minimum atomic E-state index is -0.328. The van der Waals surface area contributed by atoms with Crippen LogP contribution in [0.4, 0.5) is 0 Å². The number of pyridine rings is 1. The van der Waals surface area contributed by atoms with Crippen molar-refractivity contribution in [3.8, 4) is 22.8 Å². The summed E-state index contributed by atoms with van der Waals surface area (Å²) in [4.78, 5) is 30.7. The van der Waals surface area contributed by atoms with Crippen LogP contribution in [0, 0.1) is 0 Å². The molecule has 0 spiro atoms. The van der Waals surface area contributed by atoms with E-state index in [0.717, 1.165) is 5.56 Å². The standard InChI is InChI=1S/C13H9N5O/c19-12-7-10(9-1-3-14-4-2-9)17-13(18-12)11-8-15-5-6-16-11/h1-8H,(H,17,18,19). The maximum Gasteiger partial charge on any atom is 0.273 e. The average Bonchev–Trinajstić information content (AvgIpc) is 2.48. The summed E-state index contributed by atoms with van der Waals surface area (Å²) in [6.45, 7) is 0. The second kappa shape index (κ2) is 4.77. The van der Waals surface area contributed by atoms with E-state index in [0.29, 0.717) is 17.2 Å². The largest absolute Gasteiger partial charge is 0.338 e. The van der Waals surface area contributed by atoms with Crippen LogP contribution in [-0.2, 0) is 0 Å². The number of hydrogen-bond donors (Lipinski definition) is 1. The van der Waals surface area contributed by atoms with Gasteiger partial charge in [0.25, 0.3) is 5.56 Å². The molecule has 0 amide bonds. The molecule has 0 saturated heterocycles. The molecule has 0 aliphatic heterocycles. The zero-order chi connectivity index (χ0) is 13.1. The van der Waals surface area contributed by atoms with Crippen LogP contribution in [0.5, 0.6) is 0 Å². The lowest BCUT2D eigenvalue weighted by Gasteiger charge is -2.04. The number of H-pyrrole nitrogens is 1. The highest BCUT2D eigenvalue weighted by Gasteiger charge is 2.06. The Balaban J connectivity index is 2.15. The van der Waals surface area contributed by atoms with Gasteiger partial charge in [0.1, 0.15) is 5.69 Å². The summed E-state index contributed by atoms with van der Waals surface area (Å²) in [5, 5.41) is 0. The van der Waals surface area contributed by atoms with E-state index in [4.69, 9.17) is 0 Å². The minimum Gasteiger partial charge on any atom is -0.338 e. The monoisotopic (exact) mass is 251 g/mol. The van der Waals surface area contributed by atoms with Crippen molar-refractivity contribution >= 4 is 0 Å². The fraction of sp³-hybridized carbons (Fsp3) is 0. The first-order valence-electron chi connectivity index (χ1n) is 5.61. The normalized spacial score (nSPS) is 10.3. The molecule has 0 radical (unpaired) electrons. The molecule has 3 aromatic heterocycles. The van der Waals surface area contributed by atoms with Crippen LogP contribution in [-0.4, -0.2) is 24.9 Å². The van der Waals surface area contributed by atoms with E-state index in [9.17, 15) is 4.79 Å². The summed E-state index contributed by atoms with van der Waals surface area (Å²) in [6, 6.07) is 5.06. The van der Waals surface area contributed by atoms with Crippen LogP contribution in [0.1, 0.15) is 0 Å². The average molecular weight is 251 g/mol. The highest BCUT2D eigenvalue weighted by molar-refractivity contribution is 5.60. The second-order valence-corrected chi connectivity index (χ2v) is 3.81. The summed E-state index contributed by atoms with van der Waals surface area (Å²) in [6.07, 6.45) is 7.99. The van der Waals surface area contributed by atoms with E-state index in [1.807, 2.05) is 12.1 Å². The third kappa shape index (κ3) is 2.37. The Hall–Kier alpha value is -2.89. The smallest absolute Gasteiger partial charge is 0.273 e. The number of aromatic nitrogens is 5. The van der Waals surface area contributed by atoms with Crippen molar-refractivity contribution in [3.63, 3.8) is 0 Å². The van der Waals surface area contributed by atoms with Crippen LogP contribution < -0.4 is 5.56 Å². The second-order valence-electron chi connectivity index (χ2n) is 3.81. The molecule has 1 N–H and O–H groups in total. The lowest BCUT2D eigenvalue weighted by Crippen LogP contribution is -2.09. The molecule has 0 atom stereocenters. The van der Waals surface area contributed by atoms with Gasteiger partial charge in [-0.1, -0.05) is 0 Å². The molecule has 0 aliphatic carbocycles. The summed E-state index contributed by atoms with van der Waals surface area (Å²) < 4.78 is 0. The van der Waals surface area contributed by atoms with Gasteiger partial charge in [0.15, 0.2) is 5.82 Å². The number of nitrogens with one attached hydrogen (secondary N) is 1. The highest BCUT2D eigenvalue weighted by atomic mass is 16.1. The summed E-state index contributed by atoms with van der Waals surface area (Å²) in [5.41, 5.74) is 1.73. The van der Waals surface area contributed by atoms with E-state index >= 15 is 0 Å². The molecule has 0 saturated carbocycles. The van der Waals surface area contributed by atoms with Gasteiger partial charge in [-0.3, -0.25) is 14.8 Å². The molecule has 6 nitrogen and oxygen atoms in total. The lowest BCUT2D eigenvalue weighted by molar-refractivity contribution is 1.09. The Bertz CT molecular complexity index is 679. The third-order valence-corrected chi connectivity index (χ3v) is 2.54. The van der Waals surface area contributed by atoms with Gasteiger partial charge in [-0.15, -0.1) is 0 Å². The van der Waals surface area contributed by atoms with Crippen molar-refractivity contribution < 1.29 is 0 Å². The fourth-order valence-corrected chi connectivity index (χ4v) is 1.69. The Morgan fingerprint density at radius 2 is 1.84 bits per heavy atom. The molecule has 19 heavy (non-hydrogen) atoms. The SMILES string of the molecule is O=c1cc(-c2ccncc2)[nH]c(-c2cnccn2)n1. The summed E-state index contributed by atoms with van der Waals surface area (Å²) in [5.74, 6) is 0.396. The fourth-order valence-electron chi connectivity index (χ4n) is 1.69. The van der Waals surface area contributed by atoms with Crippen molar-refractivity contribution in [2.75, 3.05) is 0 Å². The molecular weight excluding hydrogens is 242 g/mol. The first-order chi connectivity index (χ1) is 9.33. The van der Waals surface area contributed by atoms with Gasteiger partial charge in [-0.25, -0.2) is 4.98 Å². The van der Waals surface area contributed by atoms with Crippen molar-refractivity contribution in [2.24, 2.45) is 0 Å². The minimum absolute atomic E-state index is 0.328. The van der Waals surface area contributed by atoms with E-state index in [2.05, 4.69) is 24.9 Å². The number of rotatable bonds is 2. The van der Waals surface area contributed by atoms with Crippen LogP contribution in [0.15, 0.2) is 54.0 Å². The molecule has 0 fully saturated rings. The molecule has 3 rings (SSSR count). The molecule has 92 valence electrons. The van der Waals surface area contributed by atoms with Gasteiger partial charge in [0.05, 0.1) is 11.9 Å². The predicted octanol–water partition coefficient (Wildman–Crippen LogP) is 1.29. The molecule has 6 heteroatoms. The molecular formula is C13H9N5O. The van der Waals surface area contributed by atoms with Gasteiger partial charge in [-0.05, 0) is 12.1 Å². The van der Waals surface area contributed by atoms with Gasteiger partial charge in [0.2, 0.25) is 0 Å². The van der Waals surface area contributed by atoms with Gasteiger partial charge in [-0.2, -0.15) is 4.98 Å². The van der Waals surface area contributed by atoms with Gasteiger partial charge < -0.3 is 4.98 Å². The number of hydrogen-bond acceptors (Lipinski definition) is 5. The molecule has 0 aliphatic rings. The predicted molar refractivity (Wildman–Crippen MR) is 69.1 cm³/mol. The van der Waals surface area contributed by atoms with Crippen molar-refractivity contribution in [1.29, 1.82) is 0 Å². The van der Waals surface area contributed by atoms with Crippen molar-refractivity contribution in [3.05, 3.63) is 59.5 Å². The topological polar surface area (TPSA) is 84.4 Å². The van der Waals surface area contributed by atoms with Gasteiger partial charge >= 0.3 is 0 Å².